The minimum atomic E-state index is -0.240. The van der Waals surface area contributed by atoms with E-state index in [4.69, 9.17) is 0 Å². The van der Waals surface area contributed by atoms with Crippen molar-refractivity contribution in [2.75, 3.05) is 19.6 Å². The molecule has 0 heterocycles. The zero-order chi connectivity index (χ0) is 14.0. The summed E-state index contributed by atoms with van der Waals surface area (Å²) in [5.74, 6) is 0.458. The summed E-state index contributed by atoms with van der Waals surface area (Å²) < 4.78 is 0. The van der Waals surface area contributed by atoms with Crippen LogP contribution in [0.3, 0.4) is 0 Å². The number of nitrogens with one attached hydrogen (secondary N) is 3. The van der Waals surface area contributed by atoms with Gasteiger partial charge in [0.2, 0.25) is 5.91 Å². The van der Waals surface area contributed by atoms with Crippen LogP contribution >= 0.6 is 24.0 Å². The predicted molar refractivity (Wildman–Crippen MR) is 92.0 cm³/mol. The van der Waals surface area contributed by atoms with E-state index in [-0.39, 0.29) is 42.0 Å². The zero-order valence-corrected chi connectivity index (χ0v) is 14.3. The van der Waals surface area contributed by atoms with Gasteiger partial charge in [-0.05, 0) is 20.8 Å². The fourth-order valence-electron chi connectivity index (χ4n) is 1.12. The van der Waals surface area contributed by atoms with Gasteiger partial charge < -0.3 is 16.0 Å². The Balaban J connectivity index is 0. The third-order valence-corrected chi connectivity index (χ3v) is 1.72. The number of guanidine groups is 1. The van der Waals surface area contributed by atoms with Gasteiger partial charge in [0.25, 0.3) is 0 Å². The summed E-state index contributed by atoms with van der Waals surface area (Å²) in [6.45, 7) is 14.3. The average molecular weight is 380 g/mol. The summed E-state index contributed by atoms with van der Waals surface area (Å²) >= 11 is 0. The molecule has 6 heteroatoms. The second kappa shape index (κ2) is 10.8. The second-order valence-corrected chi connectivity index (χ2v) is 4.80. The molecule has 0 aliphatic rings. The van der Waals surface area contributed by atoms with Gasteiger partial charge in [-0.2, -0.15) is 0 Å². The molecule has 0 unspecified atom stereocenters. The Bertz CT molecular complexity index is 307. The Morgan fingerprint density at radius 2 is 1.63 bits per heavy atom. The van der Waals surface area contributed by atoms with Crippen LogP contribution in [0.5, 0.6) is 0 Å². The van der Waals surface area contributed by atoms with Gasteiger partial charge in [-0.1, -0.05) is 12.2 Å². The second-order valence-electron chi connectivity index (χ2n) is 4.80. The SMILES string of the molecule is C=CCNC(=NCC(=O)NC(C)(C)C)NCC=C.I. The fraction of sp³-hybridized carbons (Fsp3) is 0.538. The van der Waals surface area contributed by atoms with Crippen molar-refractivity contribution in [3.05, 3.63) is 25.3 Å². The molecule has 0 aliphatic carbocycles. The van der Waals surface area contributed by atoms with E-state index in [1.54, 1.807) is 12.2 Å². The number of aliphatic imine (C=N–C) groups is 1. The van der Waals surface area contributed by atoms with Crippen LogP contribution in [0.1, 0.15) is 20.8 Å². The lowest BCUT2D eigenvalue weighted by atomic mass is 10.1. The maximum Gasteiger partial charge on any atom is 0.242 e. The highest BCUT2D eigenvalue weighted by molar-refractivity contribution is 14.0. The van der Waals surface area contributed by atoms with Gasteiger partial charge >= 0.3 is 0 Å². The van der Waals surface area contributed by atoms with Gasteiger partial charge in [0.05, 0.1) is 0 Å². The Morgan fingerprint density at radius 1 is 1.16 bits per heavy atom. The summed E-state index contributed by atoms with van der Waals surface area (Å²) in [6.07, 6.45) is 3.45. The quantitative estimate of drug-likeness (QED) is 0.283. The molecule has 1 amide bonds. The maximum atomic E-state index is 11.6. The molecule has 0 bridgehead atoms. The van der Waals surface area contributed by atoms with Crippen LogP contribution in [-0.2, 0) is 4.79 Å². The third kappa shape index (κ3) is 13.2. The molecule has 0 aliphatic heterocycles. The van der Waals surface area contributed by atoms with Crippen LogP contribution in [0.2, 0.25) is 0 Å². The standard InChI is InChI=1S/C13H24N4O.HI/c1-6-8-14-12(15-9-7-2)16-10-11(18)17-13(3,4)5;/h6-7H,1-2,8-10H2,3-5H3,(H,17,18)(H2,14,15,16);1H. The summed E-state index contributed by atoms with van der Waals surface area (Å²) in [5.41, 5.74) is -0.240. The van der Waals surface area contributed by atoms with E-state index in [0.29, 0.717) is 19.0 Å². The number of nitrogens with zero attached hydrogens (tertiary/aromatic N) is 1. The molecule has 0 saturated carbocycles. The lowest BCUT2D eigenvalue weighted by Gasteiger charge is -2.20. The van der Waals surface area contributed by atoms with Crippen molar-refractivity contribution in [1.82, 2.24) is 16.0 Å². The molecular weight excluding hydrogens is 355 g/mol. The minimum Gasteiger partial charge on any atom is -0.353 e. The first-order valence-electron chi connectivity index (χ1n) is 5.94. The molecule has 0 radical (unpaired) electrons. The largest absolute Gasteiger partial charge is 0.353 e. The summed E-state index contributed by atoms with van der Waals surface area (Å²) in [6, 6.07) is 0. The Morgan fingerprint density at radius 3 is 2.00 bits per heavy atom. The Labute approximate surface area is 133 Å². The van der Waals surface area contributed by atoms with E-state index in [9.17, 15) is 4.79 Å². The first kappa shape index (κ1) is 20.3. The van der Waals surface area contributed by atoms with E-state index in [2.05, 4.69) is 34.1 Å². The normalized spacial score (nSPS) is 9.63. The molecule has 0 rings (SSSR count). The Kier molecular flexibility index (Phi) is 11.6. The van der Waals surface area contributed by atoms with Crippen molar-refractivity contribution in [3.8, 4) is 0 Å². The molecule has 0 aromatic rings. The molecule has 0 aromatic carbocycles. The predicted octanol–water partition coefficient (Wildman–Crippen LogP) is 1.43. The number of rotatable bonds is 6. The lowest BCUT2D eigenvalue weighted by Crippen LogP contribution is -2.43. The monoisotopic (exact) mass is 380 g/mol. The van der Waals surface area contributed by atoms with Crippen molar-refractivity contribution in [2.45, 2.75) is 26.3 Å². The van der Waals surface area contributed by atoms with Gasteiger partial charge in [0.1, 0.15) is 6.54 Å². The van der Waals surface area contributed by atoms with Crippen molar-refractivity contribution in [3.63, 3.8) is 0 Å². The summed E-state index contributed by atoms with van der Waals surface area (Å²) in [7, 11) is 0. The molecule has 3 N–H and O–H groups in total. The Hall–Kier alpha value is -1.05. The molecule has 0 atom stereocenters. The van der Waals surface area contributed by atoms with Gasteiger partial charge in [-0.3, -0.25) is 4.79 Å². The van der Waals surface area contributed by atoms with Crippen LogP contribution in [0.15, 0.2) is 30.3 Å². The zero-order valence-electron chi connectivity index (χ0n) is 12.0. The molecule has 5 nitrogen and oxygen atoms in total. The van der Waals surface area contributed by atoms with Crippen molar-refractivity contribution in [1.29, 1.82) is 0 Å². The molecule has 0 saturated heterocycles. The highest BCUT2D eigenvalue weighted by Crippen LogP contribution is 1.97. The van der Waals surface area contributed by atoms with Crippen LogP contribution in [0.4, 0.5) is 0 Å². The van der Waals surface area contributed by atoms with Crippen molar-refractivity contribution < 1.29 is 4.79 Å². The van der Waals surface area contributed by atoms with Gasteiger partial charge in [0, 0.05) is 18.6 Å². The molecule has 0 spiro atoms. The molecule has 0 fully saturated rings. The number of amides is 1. The first-order valence-corrected chi connectivity index (χ1v) is 5.94. The van der Waals surface area contributed by atoms with Crippen LogP contribution in [0.25, 0.3) is 0 Å². The highest BCUT2D eigenvalue weighted by atomic mass is 127. The topological polar surface area (TPSA) is 65.5 Å². The maximum absolute atomic E-state index is 11.6. The number of hydrogen-bond donors (Lipinski definition) is 3. The van der Waals surface area contributed by atoms with Gasteiger partial charge in [0.15, 0.2) is 5.96 Å². The van der Waals surface area contributed by atoms with E-state index >= 15 is 0 Å². The van der Waals surface area contributed by atoms with E-state index in [1.165, 1.54) is 0 Å². The van der Waals surface area contributed by atoms with E-state index in [1.807, 2.05) is 20.8 Å². The average Bonchev–Trinajstić information content (AvgIpc) is 2.25. The lowest BCUT2D eigenvalue weighted by molar-refractivity contribution is -0.121. The molecular formula is C13H25IN4O. The van der Waals surface area contributed by atoms with E-state index in [0.717, 1.165) is 0 Å². The molecule has 110 valence electrons. The smallest absolute Gasteiger partial charge is 0.242 e. The molecule has 19 heavy (non-hydrogen) atoms. The number of carbonyl (C=O) groups is 1. The number of halogens is 1. The minimum absolute atomic E-state index is 0. The first-order chi connectivity index (χ1) is 8.39. The van der Waals surface area contributed by atoms with Crippen molar-refractivity contribution >= 4 is 35.8 Å². The van der Waals surface area contributed by atoms with Crippen molar-refractivity contribution in [2.24, 2.45) is 4.99 Å². The third-order valence-electron chi connectivity index (χ3n) is 1.72. The van der Waals surface area contributed by atoms with E-state index < -0.39 is 0 Å². The van der Waals surface area contributed by atoms with Crippen LogP contribution in [-0.4, -0.2) is 37.0 Å². The summed E-state index contributed by atoms with van der Waals surface area (Å²) in [5, 5.41) is 8.88. The summed E-state index contributed by atoms with van der Waals surface area (Å²) in [4.78, 5) is 15.8. The van der Waals surface area contributed by atoms with Gasteiger partial charge in [-0.25, -0.2) is 4.99 Å². The molecule has 0 aromatic heterocycles. The fourth-order valence-corrected chi connectivity index (χ4v) is 1.12. The van der Waals surface area contributed by atoms with Crippen LogP contribution in [0, 0.1) is 0 Å². The number of carbonyl (C=O) groups excluding carboxylic acids is 1. The highest BCUT2D eigenvalue weighted by Gasteiger charge is 2.12. The van der Waals surface area contributed by atoms with Crippen LogP contribution < -0.4 is 16.0 Å². The number of hydrogen-bond acceptors (Lipinski definition) is 2. The van der Waals surface area contributed by atoms with Gasteiger partial charge in [-0.15, -0.1) is 37.1 Å².